The van der Waals surface area contributed by atoms with Crippen molar-refractivity contribution in [2.24, 2.45) is 0 Å². The lowest BCUT2D eigenvalue weighted by Gasteiger charge is -2.23. The molecule has 30 heavy (non-hydrogen) atoms. The molecule has 1 atom stereocenters. The average molecular weight is 398 g/mol. The van der Waals surface area contributed by atoms with Crippen molar-refractivity contribution >= 4 is 22.8 Å². The molecule has 1 unspecified atom stereocenters. The van der Waals surface area contributed by atoms with Crippen LogP contribution >= 0.6 is 0 Å². The minimum Gasteiger partial charge on any atom is -0.457 e. The Morgan fingerprint density at radius 2 is 1.70 bits per heavy atom. The Labute approximate surface area is 174 Å². The highest BCUT2D eigenvalue weighted by atomic mass is 16.5. The van der Waals surface area contributed by atoms with Gasteiger partial charge in [0.25, 0.3) is 0 Å². The molecule has 6 heteroatoms. The number of imidazole rings is 1. The average Bonchev–Trinajstić information content (AvgIpc) is 3.43. The van der Waals surface area contributed by atoms with E-state index in [1.807, 2.05) is 83.8 Å². The van der Waals surface area contributed by atoms with Crippen molar-refractivity contribution in [2.75, 3.05) is 11.9 Å². The standard InChI is InChI=1S/C24H22N4O2/c29-24(25-17-12-14-19(15-13-17)30-18-7-2-1-3-8-18)28-16-6-11-22(28)23-26-20-9-4-5-10-21(20)27-23/h1-5,7-10,12-15,22H,6,11,16H2,(H,25,29)(H,26,27). The van der Waals surface area contributed by atoms with E-state index in [1.165, 1.54) is 0 Å². The number of benzene rings is 3. The van der Waals surface area contributed by atoms with Crippen molar-refractivity contribution in [1.82, 2.24) is 14.9 Å². The first-order chi connectivity index (χ1) is 14.8. The van der Waals surface area contributed by atoms with Gasteiger partial charge in [0.05, 0.1) is 17.1 Å². The number of H-pyrrole nitrogens is 1. The molecule has 1 fully saturated rings. The number of aromatic amines is 1. The normalized spacial score (nSPS) is 16.0. The Morgan fingerprint density at radius 1 is 0.967 bits per heavy atom. The summed E-state index contributed by atoms with van der Waals surface area (Å²) >= 11 is 0. The number of nitrogens with zero attached hydrogens (tertiary/aromatic N) is 2. The second-order valence-electron chi connectivity index (χ2n) is 7.36. The third-order valence-electron chi connectivity index (χ3n) is 5.32. The number of para-hydroxylation sites is 3. The highest BCUT2D eigenvalue weighted by Gasteiger charge is 2.32. The molecule has 2 amide bonds. The van der Waals surface area contributed by atoms with Gasteiger partial charge in [0.2, 0.25) is 0 Å². The van der Waals surface area contributed by atoms with E-state index >= 15 is 0 Å². The minimum atomic E-state index is -0.116. The van der Waals surface area contributed by atoms with Gasteiger partial charge in [-0.05, 0) is 61.4 Å². The Hall–Kier alpha value is -3.80. The Kier molecular flexibility index (Phi) is 4.81. The molecule has 6 nitrogen and oxygen atoms in total. The molecule has 0 aliphatic carbocycles. The van der Waals surface area contributed by atoms with E-state index in [9.17, 15) is 4.79 Å². The van der Waals surface area contributed by atoms with Gasteiger partial charge in [0.15, 0.2) is 0 Å². The van der Waals surface area contributed by atoms with Crippen LogP contribution in [0.25, 0.3) is 11.0 Å². The molecule has 2 N–H and O–H groups in total. The molecule has 1 aromatic heterocycles. The first-order valence-electron chi connectivity index (χ1n) is 10.1. The number of rotatable bonds is 4. The lowest BCUT2D eigenvalue weighted by atomic mass is 10.2. The van der Waals surface area contributed by atoms with E-state index in [2.05, 4.69) is 10.3 Å². The monoisotopic (exact) mass is 398 g/mol. The third-order valence-corrected chi connectivity index (χ3v) is 5.32. The topological polar surface area (TPSA) is 70.2 Å². The second-order valence-corrected chi connectivity index (χ2v) is 7.36. The first-order valence-corrected chi connectivity index (χ1v) is 10.1. The summed E-state index contributed by atoms with van der Waals surface area (Å²) < 4.78 is 5.81. The molecule has 150 valence electrons. The van der Waals surface area contributed by atoms with E-state index < -0.39 is 0 Å². The maximum atomic E-state index is 12.9. The number of nitrogens with one attached hydrogen (secondary N) is 2. The van der Waals surface area contributed by atoms with Crippen molar-refractivity contribution in [3.63, 3.8) is 0 Å². The second kappa shape index (κ2) is 7.91. The first kappa shape index (κ1) is 18.2. The number of amides is 2. The molecule has 1 aliphatic heterocycles. The molecule has 5 rings (SSSR count). The minimum absolute atomic E-state index is 0.0434. The van der Waals surface area contributed by atoms with Crippen LogP contribution in [0.15, 0.2) is 78.9 Å². The van der Waals surface area contributed by atoms with Crippen LogP contribution < -0.4 is 10.1 Å². The van der Waals surface area contributed by atoms with Crippen molar-refractivity contribution in [2.45, 2.75) is 18.9 Å². The van der Waals surface area contributed by atoms with Crippen molar-refractivity contribution in [1.29, 1.82) is 0 Å². The van der Waals surface area contributed by atoms with Gasteiger partial charge < -0.3 is 19.9 Å². The van der Waals surface area contributed by atoms with Crippen LogP contribution in [0.4, 0.5) is 10.5 Å². The number of carbonyl (C=O) groups excluding carboxylic acids is 1. The predicted molar refractivity (Wildman–Crippen MR) is 117 cm³/mol. The van der Waals surface area contributed by atoms with Crippen molar-refractivity contribution in [3.05, 3.63) is 84.7 Å². The zero-order chi connectivity index (χ0) is 20.3. The van der Waals surface area contributed by atoms with Gasteiger partial charge in [-0.1, -0.05) is 30.3 Å². The van der Waals surface area contributed by atoms with Gasteiger partial charge in [-0.3, -0.25) is 0 Å². The van der Waals surface area contributed by atoms with Crippen LogP contribution in [0.3, 0.4) is 0 Å². The van der Waals surface area contributed by atoms with Crippen LogP contribution in [0.2, 0.25) is 0 Å². The fourth-order valence-electron chi connectivity index (χ4n) is 3.85. The number of urea groups is 1. The molecule has 0 bridgehead atoms. The molecule has 3 aromatic carbocycles. The quantitative estimate of drug-likeness (QED) is 0.462. The van der Waals surface area contributed by atoms with Gasteiger partial charge in [-0.2, -0.15) is 0 Å². The van der Waals surface area contributed by atoms with Gasteiger partial charge in [0.1, 0.15) is 17.3 Å². The lowest BCUT2D eigenvalue weighted by molar-refractivity contribution is 0.205. The van der Waals surface area contributed by atoms with Gasteiger partial charge in [-0.25, -0.2) is 9.78 Å². The van der Waals surface area contributed by atoms with E-state index in [0.29, 0.717) is 6.54 Å². The smallest absolute Gasteiger partial charge is 0.322 e. The van der Waals surface area contributed by atoms with Gasteiger partial charge in [-0.15, -0.1) is 0 Å². The summed E-state index contributed by atoms with van der Waals surface area (Å²) in [6.07, 6.45) is 1.86. The molecule has 4 aromatic rings. The highest BCUT2D eigenvalue weighted by Crippen LogP contribution is 2.32. The van der Waals surface area contributed by atoms with Crippen LogP contribution in [0.1, 0.15) is 24.7 Å². The molecule has 0 radical (unpaired) electrons. The molecular weight excluding hydrogens is 376 g/mol. The number of anilines is 1. The maximum Gasteiger partial charge on any atom is 0.322 e. The van der Waals surface area contributed by atoms with Crippen LogP contribution in [0, 0.1) is 0 Å². The van der Waals surface area contributed by atoms with E-state index in [1.54, 1.807) is 0 Å². The van der Waals surface area contributed by atoms with E-state index in [-0.39, 0.29) is 12.1 Å². The number of carbonyl (C=O) groups is 1. The number of ether oxygens (including phenoxy) is 1. The van der Waals surface area contributed by atoms with Crippen LogP contribution in [0.5, 0.6) is 11.5 Å². The van der Waals surface area contributed by atoms with Crippen LogP contribution in [-0.4, -0.2) is 27.4 Å². The molecule has 1 saturated heterocycles. The summed E-state index contributed by atoms with van der Waals surface area (Å²) in [6, 6.07) is 24.8. The van der Waals surface area contributed by atoms with E-state index in [4.69, 9.17) is 9.72 Å². The molecule has 2 heterocycles. The Bertz CT molecular complexity index is 1120. The van der Waals surface area contributed by atoms with E-state index in [0.717, 1.165) is 46.9 Å². The number of hydrogen-bond donors (Lipinski definition) is 2. The summed E-state index contributed by atoms with van der Waals surface area (Å²) in [6.45, 7) is 0.711. The zero-order valence-electron chi connectivity index (χ0n) is 16.4. The SMILES string of the molecule is O=C(Nc1ccc(Oc2ccccc2)cc1)N1CCCC1c1nc2ccccc2[nH]1. The van der Waals surface area contributed by atoms with Crippen molar-refractivity contribution in [3.8, 4) is 11.5 Å². The fourth-order valence-corrected chi connectivity index (χ4v) is 3.85. The van der Waals surface area contributed by atoms with Gasteiger partial charge in [0, 0.05) is 12.2 Å². The highest BCUT2D eigenvalue weighted by molar-refractivity contribution is 5.90. The summed E-state index contributed by atoms with van der Waals surface area (Å²) in [5.74, 6) is 2.34. The van der Waals surface area contributed by atoms with Crippen LogP contribution in [-0.2, 0) is 0 Å². The fraction of sp³-hybridized carbons (Fsp3) is 0.167. The van der Waals surface area contributed by atoms with Gasteiger partial charge >= 0.3 is 6.03 Å². The largest absolute Gasteiger partial charge is 0.457 e. The predicted octanol–water partition coefficient (Wildman–Crippen LogP) is 5.72. The summed E-state index contributed by atoms with van der Waals surface area (Å²) in [7, 11) is 0. The summed E-state index contributed by atoms with van der Waals surface area (Å²) in [4.78, 5) is 22.8. The molecule has 0 spiro atoms. The summed E-state index contributed by atoms with van der Waals surface area (Å²) in [5.41, 5.74) is 2.65. The number of likely N-dealkylation sites (tertiary alicyclic amines) is 1. The molecule has 0 saturated carbocycles. The zero-order valence-corrected chi connectivity index (χ0v) is 16.4. The number of fused-ring (bicyclic) bond motifs is 1. The molecule has 1 aliphatic rings. The third kappa shape index (κ3) is 3.72. The number of aromatic nitrogens is 2. The number of hydrogen-bond acceptors (Lipinski definition) is 3. The molecular formula is C24H22N4O2. The lowest BCUT2D eigenvalue weighted by Crippen LogP contribution is -2.34. The Morgan fingerprint density at radius 3 is 2.50 bits per heavy atom. The van der Waals surface area contributed by atoms with Crippen molar-refractivity contribution < 1.29 is 9.53 Å². The maximum absolute atomic E-state index is 12.9. The Balaban J connectivity index is 1.27. The summed E-state index contributed by atoms with van der Waals surface area (Å²) in [5, 5.41) is 3.00.